The lowest BCUT2D eigenvalue weighted by Crippen LogP contribution is -2.22. The summed E-state index contributed by atoms with van der Waals surface area (Å²) in [4.78, 5) is 6.77. The molecule has 0 N–H and O–H groups in total. The van der Waals surface area contributed by atoms with E-state index in [-0.39, 0.29) is 0 Å². The van der Waals surface area contributed by atoms with Crippen LogP contribution >= 0.6 is 0 Å². The maximum Gasteiger partial charge on any atom is 0.119 e. The average Bonchev–Trinajstić information content (AvgIpc) is 3.10. The van der Waals surface area contributed by atoms with E-state index in [9.17, 15) is 0 Å². The monoisotopic (exact) mass is 310 g/mol. The molecule has 2 aromatic rings. The van der Waals surface area contributed by atoms with Gasteiger partial charge >= 0.3 is 0 Å². The molecule has 0 radical (unpaired) electrons. The Bertz CT molecular complexity index is 591. The molecule has 0 spiro atoms. The van der Waals surface area contributed by atoms with Crippen LogP contribution in [-0.2, 0) is 6.54 Å². The fourth-order valence-corrected chi connectivity index (χ4v) is 3.15. The normalized spacial score (nSPS) is 16.7. The summed E-state index contributed by atoms with van der Waals surface area (Å²) in [5.41, 5.74) is 2.41. The van der Waals surface area contributed by atoms with Crippen LogP contribution in [0.4, 0.5) is 0 Å². The van der Waals surface area contributed by atoms with Gasteiger partial charge in [-0.05, 0) is 69.5 Å². The molecule has 3 rings (SSSR count). The van der Waals surface area contributed by atoms with Gasteiger partial charge in [0.2, 0.25) is 0 Å². The largest absolute Gasteiger partial charge is 0.490 e. The number of nitrogens with zero attached hydrogens (tertiary/aromatic N) is 2. The Hall–Kier alpha value is -1.87. The molecule has 1 aromatic carbocycles. The first-order chi connectivity index (χ1) is 11.2. The van der Waals surface area contributed by atoms with Crippen molar-refractivity contribution in [2.45, 2.75) is 51.3 Å². The van der Waals surface area contributed by atoms with E-state index in [4.69, 9.17) is 4.74 Å². The number of benzene rings is 1. The van der Waals surface area contributed by atoms with Gasteiger partial charge in [-0.2, -0.15) is 0 Å². The highest BCUT2D eigenvalue weighted by molar-refractivity contribution is 5.27. The van der Waals surface area contributed by atoms with Crippen molar-refractivity contribution in [1.29, 1.82) is 0 Å². The van der Waals surface area contributed by atoms with Crippen LogP contribution < -0.4 is 4.74 Å². The van der Waals surface area contributed by atoms with Crippen LogP contribution in [0.15, 0.2) is 48.7 Å². The van der Waals surface area contributed by atoms with Crippen molar-refractivity contribution >= 4 is 0 Å². The third-order valence-electron chi connectivity index (χ3n) is 4.74. The minimum Gasteiger partial charge on any atom is -0.490 e. The first kappa shape index (κ1) is 16.0. The van der Waals surface area contributed by atoms with Crippen molar-refractivity contribution in [2.24, 2.45) is 0 Å². The summed E-state index contributed by atoms with van der Waals surface area (Å²) >= 11 is 0. The molecule has 3 heteroatoms. The molecule has 23 heavy (non-hydrogen) atoms. The molecule has 0 saturated heterocycles. The fraction of sp³-hybridized carbons (Fsp3) is 0.450. The van der Waals surface area contributed by atoms with Crippen molar-refractivity contribution in [3.63, 3.8) is 0 Å². The van der Waals surface area contributed by atoms with Crippen LogP contribution in [-0.4, -0.2) is 23.0 Å². The van der Waals surface area contributed by atoms with E-state index in [1.165, 1.54) is 31.2 Å². The summed E-state index contributed by atoms with van der Waals surface area (Å²) in [7, 11) is 2.14. The Morgan fingerprint density at radius 3 is 2.52 bits per heavy atom. The lowest BCUT2D eigenvalue weighted by atomic mass is 10.1. The van der Waals surface area contributed by atoms with Gasteiger partial charge in [0.1, 0.15) is 5.75 Å². The van der Waals surface area contributed by atoms with Gasteiger partial charge < -0.3 is 4.74 Å². The molecule has 3 nitrogen and oxygen atoms in total. The number of ether oxygens (including phenoxy) is 1. The standard InChI is InChI=1S/C20H26N2O/c1-16(20-9-5-6-14-21-20)22(2)15-17-10-12-19(13-11-17)23-18-7-3-4-8-18/h5-6,9-14,16,18H,3-4,7-8,15H2,1-2H3. The van der Waals surface area contributed by atoms with E-state index >= 15 is 0 Å². The van der Waals surface area contributed by atoms with Gasteiger partial charge in [-0.25, -0.2) is 0 Å². The molecule has 1 saturated carbocycles. The van der Waals surface area contributed by atoms with Gasteiger partial charge in [-0.3, -0.25) is 9.88 Å². The summed E-state index contributed by atoms with van der Waals surface area (Å²) in [6, 6.07) is 14.9. The molecule has 1 aliphatic carbocycles. The highest BCUT2D eigenvalue weighted by atomic mass is 16.5. The zero-order valence-electron chi connectivity index (χ0n) is 14.1. The molecule has 1 atom stereocenters. The highest BCUT2D eigenvalue weighted by Crippen LogP contribution is 2.25. The van der Waals surface area contributed by atoms with E-state index < -0.39 is 0 Å². The number of aromatic nitrogens is 1. The number of hydrogen-bond donors (Lipinski definition) is 0. The number of pyridine rings is 1. The average molecular weight is 310 g/mol. The number of hydrogen-bond acceptors (Lipinski definition) is 3. The van der Waals surface area contributed by atoms with Crippen LogP contribution in [0.1, 0.15) is 49.9 Å². The van der Waals surface area contributed by atoms with Crippen LogP contribution in [0.3, 0.4) is 0 Å². The second-order valence-electron chi connectivity index (χ2n) is 6.51. The topological polar surface area (TPSA) is 25.4 Å². The molecule has 1 fully saturated rings. The molecule has 1 aliphatic rings. The molecule has 1 heterocycles. The molecule has 0 aliphatic heterocycles. The van der Waals surface area contributed by atoms with Gasteiger partial charge in [0.15, 0.2) is 0 Å². The summed E-state index contributed by atoms with van der Waals surface area (Å²) in [5.74, 6) is 1.00. The third kappa shape index (κ3) is 4.32. The molecule has 1 unspecified atom stereocenters. The fourth-order valence-electron chi connectivity index (χ4n) is 3.15. The van der Waals surface area contributed by atoms with Crippen molar-refractivity contribution in [3.8, 4) is 5.75 Å². The second-order valence-corrected chi connectivity index (χ2v) is 6.51. The van der Waals surface area contributed by atoms with Gasteiger partial charge in [-0.15, -0.1) is 0 Å². The van der Waals surface area contributed by atoms with E-state index in [0.717, 1.165) is 18.0 Å². The minimum absolute atomic E-state index is 0.297. The molecular weight excluding hydrogens is 284 g/mol. The van der Waals surface area contributed by atoms with Crippen molar-refractivity contribution in [1.82, 2.24) is 9.88 Å². The van der Waals surface area contributed by atoms with E-state index in [1.54, 1.807) is 0 Å². The Kier molecular flexibility index (Phi) is 5.29. The molecule has 0 bridgehead atoms. The summed E-state index contributed by atoms with van der Waals surface area (Å²) < 4.78 is 6.03. The third-order valence-corrected chi connectivity index (χ3v) is 4.74. The van der Waals surface area contributed by atoms with Crippen molar-refractivity contribution < 1.29 is 4.74 Å². The quantitative estimate of drug-likeness (QED) is 0.780. The first-order valence-corrected chi connectivity index (χ1v) is 8.59. The van der Waals surface area contributed by atoms with E-state index in [1.807, 2.05) is 18.3 Å². The predicted molar refractivity (Wildman–Crippen MR) is 93.4 cm³/mol. The summed E-state index contributed by atoms with van der Waals surface area (Å²) in [6.07, 6.45) is 7.29. The number of rotatable bonds is 6. The Morgan fingerprint density at radius 2 is 1.87 bits per heavy atom. The van der Waals surface area contributed by atoms with Crippen LogP contribution in [0.25, 0.3) is 0 Å². The SMILES string of the molecule is CC(c1ccccn1)N(C)Cc1ccc(OC2CCCC2)cc1. The molecule has 0 amide bonds. The Balaban J connectivity index is 1.57. The van der Waals surface area contributed by atoms with Crippen molar-refractivity contribution in [2.75, 3.05) is 7.05 Å². The van der Waals surface area contributed by atoms with Gasteiger partial charge in [0.25, 0.3) is 0 Å². The van der Waals surface area contributed by atoms with Crippen molar-refractivity contribution in [3.05, 3.63) is 59.9 Å². The summed E-state index contributed by atoms with van der Waals surface area (Å²) in [5, 5.41) is 0. The lowest BCUT2D eigenvalue weighted by molar-refractivity contribution is 0.209. The van der Waals surface area contributed by atoms with Crippen LogP contribution in [0.5, 0.6) is 5.75 Å². The molecule has 122 valence electrons. The Labute approximate surface area is 139 Å². The van der Waals surface area contributed by atoms with E-state index in [2.05, 4.69) is 54.2 Å². The van der Waals surface area contributed by atoms with Crippen LogP contribution in [0.2, 0.25) is 0 Å². The summed E-state index contributed by atoms with van der Waals surface area (Å²) in [6.45, 7) is 3.10. The maximum absolute atomic E-state index is 6.03. The zero-order valence-corrected chi connectivity index (χ0v) is 14.1. The minimum atomic E-state index is 0.297. The first-order valence-electron chi connectivity index (χ1n) is 8.59. The van der Waals surface area contributed by atoms with Gasteiger partial charge in [0, 0.05) is 18.8 Å². The van der Waals surface area contributed by atoms with E-state index in [0.29, 0.717) is 12.1 Å². The Morgan fingerprint density at radius 1 is 1.13 bits per heavy atom. The van der Waals surface area contributed by atoms with Gasteiger partial charge in [-0.1, -0.05) is 18.2 Å². The lowest BCUT2D eigenvalue weighted by Gasteiger charge is -2.24. The zero-order chi connectivity index (χ0) is 16.1. The maximum atomic E-state index is 6.03. The molecular formula is C20H26N2O. The second kappa shape index (κ2) is 7.60. The van der Waals surface area contributed by atoms with Crippen LogP contribution in [0, 0.1) is 0 Å². The highest BCUT2D eigenvalue weighted by Gasteiger charge is 2.16. The van der Waals surface area contributed by atoms with Gasteiger partial charge in [0.05, 0.1) is 11.8 Å². The predicted octanol–water partition coefficient (Wildman–Crippen LogP) is 4.60. The smallest absolute Gasteiger partial charge is 0.119 e. The molecule has 1 aromatic heterocycles.